The fourth-order valence-corrected chi connectivity index (χ4v) is 3.19. The number of carbonyl (C=O) groups excluding carboxylic acids is 2. The zero-order valence-electron chi connectivity index (χ0n) is 13.8. The first kappa shape index (κ1) is 17.2. The minimum absolute atomic E-state index is 0.0431. The highest BCUT2D eigenvalue weighted by Gasteiger charge is 2.37. The lowest BCUT2D eigenvalue weighted by Gasteiger charge is -2.39. The average molecular weight is 360 g/mol. The summed E-state index contributed by atoms with van der Waals surface area (Å²) in [6, 6.07) is 7.04. The van der Waals surface area contributed by atoms with E-state index in [0.29, 0.717) is 30.9 Å². The van der Waals surface area contributed by atoms with Gasteiger partial charge in [-0.3, -0.25) is 4.79 Å². The Morgan fingerprint density at radius 3 is 2.92 bits per heavy atom. The summed E-state index contributed by atoms with van der Waals surface area (Å²) >= 11 is 1.52. The number of rotatable bonds is 6. The van der Waals surface area contributed by atoms with Crippen molar-refractivity contribution in [3.05, 3.63) is 40.8 Å². The van der Waals surface area contributed by atoms with E-state index in [-0.39, 0.29) is 23.9 Å². The molecule has 0 saturated heterocycles. The van der Waals surface area contributed by atoms with Crippen LogP contribution in [0.1, 0.15) is 18.5 Å². The second-order valence-corrected chi connectivity index (χ2v) is 6.78. The molecule has 0 unspecified atom stereocenters. The van der Waals surface area contributed by atoms with E-state index in [0.717, 1.165) is 5.69 Å². The summed E-state index contributed by atoms with van der Waals surface area (Å²) in [5.74, 6) is 0.239. The highest BCUT2D eigenvalue weighted by atomic mass is 32.1. The number of anilines is 1. The molecule has 1 aromatic heterocycles. The predicted octanol–water partition coefficient (Wildman–Crippen LogP) is 2.45. The maximum absolute atomic E-state index is 12.3. The lowest BCUT2D eigenvalue weighted by Crippen LogP contribution is -2.50. The van der Waals surface area contributed by atoms with Crippen LogP contribution in [0.5, 0.6) is 5.75 Å². The zero-order chi connectivity index (χ0) is 17.8. The number of nitrogens with one attached hydrogen (secondary N) is 1. The van der Waals surface area contributed by atoms with Crippen molar-refractivity contribution in [1.82, 2.24) is 9.88 Å². The third-order valence-electron chi connectivity index (χ3n) is 4.34. The molecule has 0 atom stereocenters. The van der Waals surface area contributed by atoms with E-state index in [9.17, 15) is 9.59 Å². The Labute approximate surface area is 149 Å². The van der Waals surface area contributed by atoms with Crippen LogP contribution >= 0.6 is 11.3 Å². The summed E-state index contributed by atoms with van der Waals surface area (Å²) in [6.07, 6.45) is 1.24. The van der Waals surface area contributed by atoms with Gasteiger partial charge in [-0.25, -0.2) is 9.78 Å². The van der Waals surface area contributed by atoms with Gasteiger partial charge in [-0.2, -0.15) is 0 Å². The number of carbonyl (C=O) groups is 2. The molecular weight excluding hydrogens is 340 g/mol. The third kappa shape index (κ3) is 4.27. The molecule has 0 bridgehead atoms. The Morgan fingerprint density at radius 2 is 2.24 bits per heavy atom. The predicted molar refractivity (Wildman–Crippen MR) is 95.4 cm³/mol. The fourth-order valence-electron chi connectivity index (χ4n) is 2.64. The molecule has 3 rings (SSSR count). The highest BCUT2D eigenvalue weighted by molar-refractivity contribution is 7.07. The number of amides is 3. The van der Waals surface area contributed by atoms with Crippen LogP contribution in [0.3, 0.4) is 0 Å². The number of nitrogens with two attached hydrogens (primary N) is 1. The lowest BCUT2D eigenvalue weighted by atomic mass is 9.79. The molecule has 1 fully saturated rings. The van der Waals surface area contributed by atoms with E-state index in [1.54, 1.807) is 29.6 Å². The molecule has 7 nitrogen and oxygen atoms in total. The number of hydrogen-bond acceptors (Lipinski definition) is 5. The summed E-state index contributed by atoms with van der Waals surface area (Å²) in [5.41, 5.74) is 8.54. The number of thiazole rings is 1. The van der Waals surface area contributed by atoms with Crippen molar-refractivity contribution in [3.8, 4) is 5.75 Å². The van der Waals surface area contributed by atoms with Gasteiger partial charge < -0.3 is 20.7 Å². The van der Waals surface area contributed by atoms with Crippen LogP contribution in [0.25, 0.3) is 0 Å². The van der Waals surface area contributed by atoms with Crippen molar-refractivity contribution in [1.29, 1.82) is 0 Å². The van der Waals surface area contributed by atoms with Crippen molar-refractivity contribution in [3.63, 3.8) is 0 Å². The smallest absolute Gasteiger partial charge is 0.321 e. The zero-order valence-corrected chi connectivity index (χ0v) is 14.7. The molecule has 0 aliphatic heterocycles. The molecule has 1 saturated carbocycles. The van der Waals surface area contributed by atoms with Gasteiger partial charge in [0.25, 0.3) is 0 Å². The maximum atomic E-state index is 12.3. The van der Waals surface area contributed by atoms with Gasteiger partial charge in [0.2, 0.25) is 5.91 Å². The number of nitrogens with zero attached hydrogens (tertiary/aromatic N) is 2. The van der Waals surface area contributed by atoms with Gasteiger partial charge in [0.05, 0.1) is 11.2 Å². The van der Waals surface area contributed by atoms with Crippen molar-refractivity contribution in [2.24, 2.45) is 11.7 Å². The van der Waals surface area contributed by atoms with Crippen molar-refractivity contribution in [2.75, 3.05) is 12.4 Å². The summed E-state index contributed by atoms with van der Waals surface area (Å²) in [4.78, 5) is 29.2. The Morgan fingerprint density at radius 1 is 1.44 bits per heavy atom. The molecule has 3 amide bonds. The number of ether oxygens (including phenoxy) is 1. The van der Waals surface area contributed by atoms with Crippen LogP contribution in [0, 0.1) is 5.92 Å². The van der Waals surface area contributed by atoms with Crippen LogP contribution < -0.4 is 15.8 Å². The largest absolute Gasteiger partial charge is 0.487 e. The number of benzene rings is 1. The van der Waals surface area contributed by atoms with E-state index in [4.69, 9.17) is 10.5 Å². The topological polar surface area (TPSA) is 97.6 Å². The molecule has 1 heterocycles. The van der Waals surface area contributed by atoms with Gasteiger partial charge in [0.1, 0.15) is 12.4 Å². The van der Waals surface area contributed by atoms with Crippen LogP contribution in [0.15, 0.2) is 35.2 Å². The van der Waals surface area contributed by atoms with Crippen LogP contribution in [0.2, 0.25) is 0 Å². The molecule has 8 heteroatoms. The first-order valence-electron chi connectivity index (χ1n) is 7.96. The minimum Gasteiger partial charge on any atom is -0.487 e. The van der Waals surface area contributed by atoms with Gasteiger partial charge >= 0.3 is 6.03 Å². The van der Waals surface area contributed by atoms with Gasteiger partial charge in [-0.15, -0.1) is 11.3 Å². The van der Waals surface area contributed by atoms with Crippen molar-refractivity contribution < 1.29 is 14.3 Å². The van der Waals surface area contributed by atoms with E-state index >= 15 is 0 Å². The van der Waals surface area contributed by atoms with Gasteiger partial charge in [0.15, 0.2) is 0 Å². The first-order valence-corrected chi connectivity index (χ1v) is 8.90. The summed E-state index contributed by atoms with van der Waals surface area (Å²) in [6.45, 7) is 0.386. The molecule has 0 radical (unpaired) electrons. The summed E-state index contributed by atoms with van der Waals surface area (Å²) in [5, 5.41) is 4.77. The monoisotopic (exact) mass is 360 g/mol. The maximum Gasteiger partial charge on any atom is 0.321 e. The van der Waals surface area contributed by atoms with Crippen molar-refractivity contribution >= 4 is 29.0 Å². The van der Waals surface area contributed by atoms with Gasteiger partial charge in [-0.1, -0.05) is 6.07 Å². The summed E-state index contributed by atoms with van der Waals surface area (Å²) < 4.78 is 5.68. The summed E-state index contributed by atoms with van der Waals surface area (Å²) in [7, 11) is 1.72. The van der Waals surface area contributed by atoms with E-state index in [1.807, 2.05) is 17.5 Å². The van der Waals surface area contributed by atoms with E-state index in [2.05, 4.69) is 10.3 Å². The van der Waals surface area contributed by atoms with E-state index < -0.39 is 0 Å². The first-order chi connectivity index (χ1) is 12.0. The SMILES string of the molecule is CN(C(=O)Nc1cccc(OCc2cscn2)c1)C1CC(C(N)=O)C1. The Hall–Kier alpha value is -2.61. The number of urea groups is 1. The third-order valence-corrected chi connectivity index (χ3v) is 4.97. The fraction of sp³-hybridized carbons (Fsp3) is 0.353. The van der Waals surface area contributed by atoms with Crippen molar-refractivity contribution in [2.45, 2.75) is 25.5 Å². The molecule has 132 valence electrons. The van der Waals surface area contributed by atoms with E-state index in [1.165, 1.54) is 11.3 Å². The van der Waals surface area contributed by atoms with Crippen LogP contribution in [-0.2, 0) is 11.4 Å². The Bertz CT molecular complexity index is 744. The number of aromatic nitrogens is 1. The number of hydrogen-bond donors (Lipinski definition) is 2. The average Bonchev–Trinajstić information content (AvgIpc) is 3.05. The molecule has 1 aliphatic rings. The Kier molecular flexibility index (Phi) is 5.18. The second-order valence-electron chi connectivity index (χ2n) is 6.06. The van der Waals surface area contributed by atoms with Crippen LogP contribution in [-0.4, -0.2) is 34.9 Å². The normalized spacial score (nSPS) is 18.9. The molecule has 1 aromatic carbocycles. The second kappa shape index (κ2) is 7.52. The molecular formula is C17H20N4O3S. The van der Waals surface area contributed by atoms with Gasteiger partial charge in [0, 0.05) is 36.1 Å². The molecule has 2 aromatic rings. The standard InChI is InChI=1S/C17H20N4O3S/c1-21(14-5-11(6-14)16(18)22)17(23)20-12-3-2-4-15(7-12)24-8-13-9-25-10-19-13/h2-4,7,9-11,14H,5-6,8H2,1H3,(H2,18,22)(H,20,23). The molecule has 1 aliphatic carbocycles. The molecule has 3 N–H and O–H groups in total. The Balaban J connectivity index is 1.52. The number of primary amides is 1. The quantitative estimate of drug-likeness (QED) is 0.827. The highest BCUT2D eigenvalue weighted by Crippen LogP contribution is 2.31. The lowest BCUT2D eigenvalue weighted by molar-refractivity contribution is -0.125. The molecule has 0 spiro atoms. The van der Waals surface area contributed by atoms with Gasteiger partial charge in [-0.05, 0) is 25.0 Å². The minimum atomic E-state index is -0.296. The molecule has 25 heavy (non-hydrogen) atoms. The van der Waals surface area contributed by atoms with Crippen LogP contribution in [0.4, 0.5) is 10.5 Å².